The van der Waals surface area contributed by atoms with Gasteiger partial charge in [0, 0.05) is 12.2 Å². The second-order valence-electron chi connectivity index (χ2n) is 7.37. The van der Waals surface area contributed by atoms with Crippen molar-refractivity contribution in [2.75, 3.05) is 25.5 Å². The predicted molar refractivity (Wildman–Crippen MR) is 112 cm³/mol. The van der Waals surface area contributed by atoms with Crippen LogP contribution in [0.25, 0.3) is 22.4 Å². The quantitative estimate of drug-likeness (QED) is 0.451. The van der Waals surface area contributed by atoms with Gasteiger partial charge >= 0.3 is 0 Å². The first kappa shape index (κ1) is 19.4. The fourth-order valence-corrected chi connectivity index (χ4v) is 3.97. The fourth-order valence-electron chi connectivity index (χ4n) is 3.97. The van der Waals surface area contributed by atoms with E-state index < -0.39 is 11.6 Å². The molecular weight excluding hydrogens is 404 g/mol. The molecule has 0 saturated carbocycles. The van der Waals surface area contributed by atoms with Gasteiger partial charge in [-0.3, -0.25) is 5.10 Å². The number of hydrogen-bond donors (Lipinski definition) is 3. The Labute approximate surface area is 176 Å². The normalized spacial score (nSPS) is 14.8. The lowest BCUT2D eigenvalue weighted by Crippen LogP contribution is -2.29. The van der Waals surface area contributed by atoms with Gasteiger partial charge in [-0.1, -0.05) is 6.07 Å². The molecule has 10 heteroatoms. The zero-order valence-corrected chi connectivity index (χ0v) is 16.8. The van der Waals surface area contributed by atoms with Crippen LogP contribution in [-0.4, -0.2) is 44.9 Å². The summed E-state index contributed by atoms with van der Waals surface area (Å²) < 4.78 is 36.7. The van der Waals surface area contributed by atoms with E-state index in [1.54, 1.807) is 6.07 Å². The average Bonchev–Trinajstić information content (AvgIpc) is 3.38. The van der Waals surface area contributed by atoms with Crippen LogP contribution in [0.2, 0.25) is 0 Å². The Morgan fingerprint density at radius 2 is 2.03 bits per heavy atom. The van der Waals surface area contributed by atoms with Gasteiger partial charge in [0.05, 0.1) is 18.9 Å². The van der Waals surface area contributed by atoms with Crippen LogP contribution in [0, 0.1) is 11.6 Å². The molecule has 31 heavy (non-hydrogen) atoms. The van der Waals surface area contributed by atoms with E-state index in [-0.39, 0.29) is 22.8 Å². The molecule has 0 aliphatic carbocycles. The molecule has 4 heterocycles. The third kappa shape index (κ3) is 3.48. The highest BCUT2D eigenvalue weighted by Gasteiger charge is 2.22. The molecule has 1 fully saturated rings. The highest BCUT2D eigenvalue weighted by Crippen LogP contribution is 2.35. The van der Waals surface area contributed by atoms with E-state index in [4.69, 9.17) is 4.74 Å². The number of fused-ring (bicyclic) bond motifs is 1. The van der Waals surface area contributed by atoms with Gasteiger partial charge in [-0.2, -0.15) is 5.10 Å². The van der Waals surface area contributed by atoms with Crippen molar-refractivity contribution >= 4 is 22.8 Å². The number of anilines is 2. The maximum Gasteiger partial charge on any atom is 0.193 e. The largest absolute Gasteiger partial charge is 0.496 e. The number of benzene rings is 1. The molecular formula is C21H21F2N7O. The van der Waals surface area contributed by atoms with Gasteiger partial charge in [0.15, 0.2) is 23.1 Å². The van der Waals surface area contributed by atoms with Crippen LogP contribution >= 0.6 is 0 Å². The van der Waals surface area contributed by atoms with Crippen molar-refractivity contribution in [3.63, 3.8) is 0 Å². The molecule has 0 atom stereocenters. The smallest absolute Gasteiger partial charge is 0.193 e. The lowest BCUT2D eigenvalue weighted by Gasteiger charge is -2.24. The van der Waals surface area contributed by atoms with Crippen molar-refractivity contribution in [1.82, 2.24) is 30.0 Å². The average molecular weight is 425 g/mol. The van der Waals surface area contributed by atoms with Crippen LogP contribution in [0.1, 0.15) is 18.9 Å². The van der Waals surface area contributed by atoms with Crippen molar-refractivity contribution in [2.45, 2.75) is 18.9 Å². The minimum Gasteiger partial charge on any atom is -0.496 e. The third-order valence-electron chi connectivity index (χ3n) is 5.52. The summed E-state index contributed by atoms with van der Waals surface area (Å²) in [6.07, 6.45) is 5.52. The van der Waals surface area contributed by atoms with E-state index in [9.17, 15) is 4.39 Å². The zero-order valence-electron chi connectivity index (χ0n) is 16.8. The van der Waals surface area contributed by atoms with Gasteiger partial charge in [-0.25, -0.2) is 18.7 Å². The third-order valence-corrected chi connectivity index (χ3v) is 5.52. The van der Waals surface area contributed by atoms with E-state index in [1.165, 1.54) is 25.4 Å². The van der Waals surface area contributed by atoms with Crippen molar-refractivity contribution in [3.05, 3.63) is 48.3 Å². The van der Waals surface area contributed by atoms with Crippen LogP contribution in [0.5, 0.6) is 5.75 Å². The molecule has 4 aromatic rings. The van der Waals surface area contributed by atoms with Gasteiger partial charge in [0.2, 0.25) is 0 Å². The number of nitrogens with one attached hydrogen (secondary N) is 3. The Morgan fingerprint density at radius 3 is 2.84 bits per heavy atom. The summed E-state index contributed by atoms with van der Waals surface area (Å²) in [5.41, 5.74) is 1.36. The summed E-state index contributed by atoms with van der Waals surface area (Å²) >= 11 is 0. The molecule has 0 spiro atoms. The lowest BCUT2D eigenvalue weighted by molar-refractivity contribution is 0.375. The standard InChI is InChI=1S/C21H21F2N7O/c1-31-15-4-2-3-13(22)17(15)19-18(23)20(29-28-19)26-16-11-25-14-7-10-30(21(14)27-16)12-5-8-24-9-6-12/h2-4,7,10-12,24H,5-6,8-9H2,1H3,(H2,26,27,28,29). The molecule has 0 bridgehead atoms. The number of piperidine rings is 1. The molecule has 1 aliphatic rings. The first-order valence-corrected chi connectivity index (χ1v) is 10.0. The highest BCUT2D eigenvalue weighted by molar-refractivity contribution is 5.75. The number of aromatic nitrogens is 5. The number of halogens is 2. The predicted octanol–water partition coefficient (Wildman–Crippen LogP) is 3.78. The molecule has 1 aromatic carbocycles. The van der Waals surface area contributed by atoms with Gasteiger partial charge in [-0.05, 0) is 44.1 Å². The molecule has 3 aromatic heterocycles. The number of aromatic amines is 1. The number of nitrogens with zero attached hydrogens (tertiary/aromatic N) is 4. The Bertz CT molecular complexity index is 1230. The maximum atomic E-state index is 15.1. The van der Waals surface area contributed by atoms with E-state index in [0.29, 0.717) is 11.9 Å². The monoisotopic (exact) mass is 425 g/mol. The van der Waals surface area contributed by atoms with Crippen LogP contribution in [0.3, 0.4) is 0 Å². The summed E-state index contributed by atoms with van der Waals surface area (Å²) in [5.74, 6) is -0.906. The van der Waals surface area contributed by atoms with E-state index in [1.807, 2.05) is 12.3 Å². The van der Waals surface area contributed by atoms with Gasteiger partial charge < -0.3 is 19.9 Å². The van der Waals surface area contributed by atoms with Crippen LogP contribution in [0.4, 0.5) is 20.4 Å². The van der Waals surface area contributed by atoms with Crippen molar-refractivity contribution in [2.24, 2.45) is 0 Å². The number of H-pyrrole nitrogens is 1. The lowest BCUT2D eigenvalue weighted by atomic mass is 10.1. The van der Waals surface area contributed by atoms with Gasteiger partial charge in [0.25, 0.3) is 0 Å². The second kappa shape index (κ2) is 7.95. The molecule has 0 radical (unpaired) electrons. The maximum absolute atomic E-state index is 15.1. The Hall–Kier alpha value is -3.53. The van der Waals surface area contributed by atoms with Gasteiger partial charge in [0.1, 0.15) is 22.8 Å². The molecule has 3 N–H and O–H groups in total. The van der Waals surface area contributed by atoms with E-state index in [2.05, 4.69) is 35.4 Å². The van der Waals surface area contributed by atoms with Crippen LogP contribution in [-0.2, 0) is 0 Å². The molecule has 160 valence electrons. The zero-order chi connectivity index (χ0) is 21.4. The minimum absolute atomic E-state index is 0.0237. The number of rotatable bonds is 5. The van der Waals surface area contributed by atoms with Crippen molar-refractivity contribution in [1.29, 1.82) is 0 Å². The molecule has 5 rings (SSSR count). The number of ether oxygens (including phenoxy) is 1. The Kier molecular flexibility index (Phi) is 4.99. The molecule has 0 unspecified atom stereocenters. The summed E-state index contributed by atoms with van der Waals surface area (Å²) in [6, 6.07) is 6.55. The fraction of sp³-hybridized carbons (Fsp3) is 0.286. The number of hydrogen-bond acceptors (Lipinski definition) is 6. The first-order chi connectivity index (χ1) is 15.2. The Balaban J connectivity index is 1.47. The second-order valence-corrected chi connectivity index (χ2v) is 7.37. The summed E-state index contributed by atoms with van der Waals surface area (Å²) in [5, 5.41) is 12.7. The molecule has 1 aliphatic heterocycles. The summed E-state index contributed by atoms with van der Waals surface area (Å²) in [7, 11) is 1.40. The van der Waals surface area contributed by atoms with Crippen LogP contribution in [0.15, 0.2) is 36.7 Å². The van der Waals surface area contributed by atoms with E-state index >= 15 is 4.39 Å². The topological polar surface area (TPSA) is 92.7 Å². The van der Waals surface area contributed by atoms with E-state index in [0.717, 1.165) is 37.1 Å². The molecule has 0 amide bonds. The molecule has 1 saturated heterocycles. The van der Waals surface area contributed by atoms with Crippen LogP contribution < -0.4 is 15.4 Å². The Morgan fingerprint density at radius 1 is 1.19 bits per heavy atom. The van der Waals surface area contributed by atoms with Gasteiger partial charge in [-0.15, -0.1) is 0 Å². The highest BCUT2D eigenvalue weighted by atomic mass is 19.1. The van der Waals surface area contributed by atoms with Crippen molar-refractivity contribution in [3.8, 4) is 17.0 Å². The number of methoxy groups -OCH3 is 1. The first-order valence-electron chi connectivity index (χ1n) is 10.0. The minimum atomic E-state index is -0.737. The SMILES string of the molecule is COc1cccc(F)c1-c1[nH]nc(Nc2cnc3ccn(C4CCNCC4)c3n2)c1F. The molecule has 8 nitrogen and oxygen atoms in total. The summed E-state index contributed by atoms with van der Waals surface area (Å²) in [4.78, 5) is 9.06. The summed E-state index contributed by atoms with van der Waals surface area (Å²) in [6.45, 7) is 1.91. The van der Waals surface area contributed by atoms with Crippen molar-refractivity contribution < 1.29 is 13.5 Å².